The summed E-state index contributed by atoms with van der Waals surface area (Å²) in [6, 6.07) is 15.6. The number of aryl methyl sites for hydroxylation is 1. The maximum absolute atomic E-state index is 12.4. The van der Waals surface area contributed by atoms with Crippen molar-refractivity contribution in [3.8, 4) is 5.75 Å². The van der Waals surface area contributed by atoms with Crippen LogP contribution in [-0.2, 0) is 22.9 Å². The second-order valence-electron chi connectivity index (χ2n) is 6.40. The van der Waals surface area contributed by atoms with E-state index in [4.69, 9.17) is 4.74 Å². The van der Waals surface area contributed by atoms with Gasteiger partial charge in [0.15, 0.2) is 0 Å². The van der Waals surface area contributed by atoms with Crippen molar-refractivity contribution in [1.29, 1.82) is 0 Å². The predicted molar refractivity (Wildman–Crippen MR) is 109 cm³/mol. The van der Waals surface area contributed by atoms with Gasteiger partial charge in [-0.2, -0.15) is 0 Å². The first-order valence-corrected chi connectivity index (χ1v) is 11.1. The Balaban J connectivity index is 1.57. The monoisotopic (exact) mass is 389 g/mol. The first-order valence-electron chi connectivity index (χ1n) is 8.55. The topological polar surface area (TPSA) is 55.4 Å². The van der Waals surface area contributed by atoms with Crippen LogP contribution in [0.1, 0.15) is 18.1 Å². The van der Waals surface area contributed by atoms with E-state index in [0.29, 0.717) is 12.8 Å². The van der Waals surface area contributed by atoms with E-state index in [-0.39, 0.29) is 11.8 Å². The minimum absolute atomic E-state index is 0.0774. The van der Waals surface area contributed by atoms with E-state index in [1.54, 1.807) is 18.4 Å². The highest BCUT2D eigenvalue weighted by Gasteiger charge is 2.16. The van der Waals surface area contributed by atoms with E-state index in [1.165, 1.54) is 15.6 Å². The second-order valence-corrected chi connectivity index (χ2v) is 9.18. The van der Waals surface area contributed by atoms with E-state index in [0.717, 1.165) is 11.3 Å². The molecule has 1 aromatic heterocycles. The maximum Gasteiger partial charge on any atom is 0.212 e. The van der Waals surface area contributed by atoms with Gasteiger partial charge in [-0.05, 0) is 59.9 Å². The molecule has 4 nitrogen and oxygen atoms in total. The molecule has 0 bridgehead atoms. The highest BCUT2D eigenvalue weighted by atomic mass is 32.2. The number of benzene rings is 2. The Morgan fingerprint density at radius 2 is 1.85 bits per heavy atom. The standard InChI is InChI=1S/C20H23NO3S2/c1-15(13-17-14-25-20-6-4-3-5-19(17)20)21-26(22,23)12-11-16-7-9-18(24-2)10-8-16/h3-10,14-15,21H,11-13H2,1-2H3/t15-/m0/s1. The van der Waals surface area contributed by atoms with Crippen LogP contribution in [0.15, 0.2) is 53.9 Å². The van der Waals surface area contributed by atoms with Crippen molar-refractivity contribution in [3.05, 3.63) is 65.0 Å². The molecule has 1 heterocycles. The van der Waals surface area contributed by atoms with Gasteiger partial charge in [-0.15, -0.1) is 11.3 Å². The maximum atomic E-state index is 12.4. The number of nitrogens with one attached hydrogen (secondary N) is 1. The Kier molecular flexibility index (Phi) is 5.96. The molecule has 138 valence electrons. The van der Waals surface area contributed by atoms with Crippen molar-refractivity contribution in [3.63, 3.8) is 0 Å². The summed E-state index contributed by atoms with van der Waals surface area (Å²) in [5, 5.41) is 3.33. The summed E-state index contributed by atoms with van der Waals surface area (Å²) in [7, 11) is -1.72. The van der Waals surface area contributed by atoms with Crippen LogP contribution in [0.4, 0.5) is 0 Å². The Morgan fingerprint density at radius 1 is 1.12 bits per heavy atom. The molecular formula is C20H23NO3S2. The number of fused-ring (bicyclic) bond motifs is 1. The van der Waals surface area contributed by atoms with Crippen LogP contribution in [0.2, 0.25) is 0 Å². The molecule has 0 aliphatic heterocycles. The molecule has 6 heteroatoms. The van der Waals surface area contributed by atoms with Gasteiger partial charge in [0.25, 0.3) is 0 Å². The summed E-state index contributed by atoms with van der Waals surface area (Å²) in [5.74, 6) is 0.847. The van der Waals surface area contributed by atoms with Gasteiger partial charge in [-0.1, -0.05) is 30.3 Å². The van der Waals surface area contributed by atoms with E-state index in [2.05, 4.69) is 22.2 Å². The lowest BCUT2D eigenvalue weighted by Gasteiger charge is -2.14. The van der Waals surface area contributed by atoms with Crippen molar-refractivity contribution in [2.75, 3.05) is 12.9 Å². The summed E-state index contributed by atoms with van der Waals surface area (Å²) in [5.41, 5.74) is 2.17. The smallest absolute Gasteiger partial charge is 0.212 e. The minimum atomic E-state index is -3.33. The van der Waals surface area contributed by atoms with Crippen molar-refractivity contribution < 1.29 is 13.2 Å². The number of thiophene rings is 1. The number of methoxy groups -OCH3 is 1. The zero-order valence-corrected chi connectivity index (χ0v) is 16.6. The molecular weight excluding hydrogens is 366 g/mol. The molecule has 0 spiro atoms. The molecule has 26 heavy (non-hydrogen) atoms. The highest BCUT2D eigenvalue weighted by molar-refractivity contribution is 7.89. The lowest BCUT2D eigenvalue weighted by Crippen LogP contribution is -2.36. The fourth-order valence-corrected chi connectivity index (χ4v) is 5.27. The Morgan fingerprint density at radius 3 is 2.58 bits per heavy atom. The van der Waals surface area contributed by atoms with E-state index in [9.17, 15) is 8.42 Å². The SMILES string of the molecule is COc1ccc(CCS(=O)(=O)N[C@@H](C)Cc2csc3ccccc23)cc1. The zero-order valence-electron chi connectivity index (χ0n) is 14.9. The van der Waals surface area contributed by atoms with Gasteiger partial charge in [0.05, 0.1) is 12.9 Å². The van der Waals surface area contributed by atoms with Crippen molar-refractivity contribution in [1.82, 2.24) is 4.72 Å². The van der Waals surface area contributed by atoms with E-state index >= 15 is 0 Å². The molecule has 0 amide bonds. The second kappa shape index (κ2) is 8.20. The van der Waals surface area contributed by atoms with Crippen LogP contribution in [0, 0.1) is 0 Å². The summed E-state index contributed by atoms with van der Waals surface area (Å²) < 4.78 is 33.9. The van der Waals surface area contributed by atoms with Crippen LogP contribution in [0.3, 0.4) is 0 Å². The lowest BCUT2D eigenvalue weighted by atomic mass is 10.1. The van der Waals surface area contributed by atoms with Crippen LogP contribution in [-0.4, -0.2) is 27.3 Å². The van der Waals surface area contributed by atoms with Crippen LogP contribution >= 0.6 is 11.3 Å². The average Bonchev–Trinajstić information content (AvgIpc) is 3.03. The lowest BCUT2D eigenvalue weighted by molar-refractivity contribution is 0.414. The third kappa shape index (κ3) is 4.84. The summed E-state index contributed by atoms with van der Waals surface area (Å²) in [6.45, 7) is 1.91. The summed E-state index contributed by atoms with van der Waals surface area (Å²) in [4.78, 5) is 0. The molecule has 0 radical (unpaired) electrons. The van der Waals surface area contributed by atoms with Crippen LogP contribution in [0.5, 0.6) is 5.75 Å². The first kappa shape index (κ1) is 18.9. The van der Waals surface area contributed by atoms with Crippen molar-refractivity contribution in [2.24, 2.45) is 0 Å². The van der Waals surface area contributed by atoms with Crippen LogP contribution in [0.25, 0.3) is 10.1 Å². The molecule has 0 saturated heterocycles. The summed E-state index contributed by atoms with van der Waals surface area (Å²) in [6.07, 6.45) is 1.17. The van der Waals surface area contributed by atoms with Crippen molar-refractivity contribution in [2.45, 2.75) is 25.8 Å². The fourth-order valence-electron chi connectivity index (χ4n) is 2.97. The largest absolute Gasteiger partial charge is 0.497 e. The molecule has 0 unspecified atom stereocenters. The van der Waals surface area contributed by atoms with Gasteiger partial charge in [0.2, 0.25) is 10.0 Å². The zero-order chi connectivity index (χ0) is 18.6. The number of ether oxygens (including phenoxy) is 1. The molecule has 1 N–H and O–H groups in total. The van der Waals surface area contributed by atoms with Gasteiger partial charge in [-0.25, -0.2) is 13.1 Å². The van der Waals surface area contributed by atoms with Crippen molar-refractivity contribution >= 4 is 31.4 Å². The molecule has 1 atom stereocenters. The Bertz CT molecular complexity index is 962. The molecule has 0 saturated carbocycles. The van der Waals surface area contributed by atoms with Crippen LogP contribution < -0.4 is 9.46 Å². The van der Waals surface area contributed by atoms with Gasteiger partial charge in [0, 0.05) is 10.7 Å². The number of hydrogen-bond donors (Lipinski definition) is 1. The summed E-state index contributed by atoms with van der Waals surface area (Å²) >= 11 is 1.70. The van der Waals surface area contributed by atoms with Gasteiger partial charge >= 0.3 is 0 Å². The highest BCUT2D eigenvalue weighted by Crippen LogP contribution is 2.26. The average molecular weight is 390 g/mol. The first-order chi connectivity index (χ1) is 12.5. The van der Waals surface area contributed by atoms with Gasteiger partial charge < -0.3 is 4.74 Å². The Hall–Kier alpha value is -1.89. The molecule has 2 aromatic carbocycles. The Labute approximate surface area is 158 Å². The number of sulfonamides is 1. The third-order valence-corrected chi connectivity index (χ3v) is 6.80. The molecule has 3 aromatic rings. The van der Waals surface area contributed by atoms with Gasteiger partial charge in [-0.3, -0.25) is 0 Å². The normalized spacial score (nSPS) is 13.0. The molecule has 0 aliphatic rings. The fraction of sp³-hybridized carbons (Fsp3) is 0.300. The molecule has 0 aliphatic carbocycles. The molecule has 0 fully saturated rings. The number of rotatable bonds is 8. The number of hydrogen-bond acceptors (Lipinski definition) is 4. The minimum Gasteiger partial charge on any atom is -0.497 e. The molecule has 3 rings (SSSR count). The van der Waals surface area contributed by atoms with Gasteiger partial charge in [0.1, 0.15) is 5.75 Å². The van der Waals surface area contributed by atoms with E-state index in [1.807, 2.05) is 43.3 Å². The third-order valence-electron chi connectivity index (χ3n) is 4.29. The van der Waals surface area contributed by atoms with E-state index < -0.39 is 10.0 Å². The predicted octanol–water partition coefficient (Wildman–Crippen LogP) is 4.00. The quantitative estimate of drug-likeness (QED) is 0.633.